The van der Waals surface area contributed by atoms with Crippen molar-refractivity contribution in [1.29, 1.82) is 0 Å². The highest BCUT2D eigenvalue weighted by Gasteiger charge is 1.90. The molecule has 0 atom stereocenters. The molecule has 1 N–H and O–H groups in total. The van der Waals surface area contributed by atoms with Gasteiger partial charge in [0.1, 0.15) is 17.6 Å². The molecular formula is C16H19ClI2O4. The quantitative estimate of drug-likeness (QED) is 0.319. The minimum Gasteiger partial charge on any atom is -0.508 e. The third kappa shape index (κ3) is 13.8. The Hall–Kier alpha value is -0.290. The van der Waals surface area contributed by atoms with Crippen LogP contribution >= 0.6 is 56.8 Å². The van der Waals surface area contributed by atoms with Gasteiger partial charge in [-0.05, 0) is 93.7 Å². The fraction of sp³-hybridized carbons (Fsp3) is 0.250. The first kappa shape index (κ1) is 22.7. The fourth-order valence-electron chi connectivity index (χ4n) is 1.10. The number of hydrogen-bond donors (Lipinski definition) is 1. The first-order chi connectivity index (χ1) is 11.0. The van der Waals surface area contributed by atoms with E-state index in [0.29, 0.717) is 18.6 Å². The molecule has 0 aliphatic rings. The van der Waals surface area contributed by atoms with Crippen LogP contribution in [0, 0.1) is 7.14 Å². The topological polar surface area (TPSA) is 47.9 Å². The Kier molecular flexibility index (Phi) is 15.1. The standard InChI is InChI=1S/C8H9IO2.C6H5IO.C2H5ClO/c1-10-6-11-8-4-2-7(9)3-5-8;7-5-1-3-6(8)4-2-5;1-4-2-3/h2-5H,6H2,1H3;1-4,8H;2H2,1H3. The van der Waals surface area contributed by atoms with Gasteiger partial charge in [0.05, 0.1) is 0 Å². The van der Waals surface area contributed by atoms with Crippen LogP contribution in [0.5, 0.6) is 11.5 Å². The summed E-state index contributed by atoms with van der Waals surface area (Å²) >= 11 is 9.40. The van der Waals surface area contributed by atoms with Gasteiger partial charge in [-0.1, -0.05) is 11.6 Å². The highest BCUT2D eigenvalue weighted by molar-refractivity contribution is 14.1. The molecular weight excluding hydrogens is 545 g/mol. The highest BCUT2D eigenvalue weighted by Crippen LogP contribution is 2.13. The Morgan fingerprint density at radius 2 is 1.30 bits per heavy atom. The van der Waals surface area contributed by atoms with Crippen molar-refractivity contribution in [3.63, 3.8) is 0 Å². The van der Waals surface area contributed by atoms with Crippen LogP contribution in [0.4, 0.5) is 0 Å². The Labute approximate surface area is 169 Å². The van der Waals surface area contributed by atoms with Gasteiger partial charge < -0.3 is 19.3 Å². The number of alkyl halides is 1. The summed E-state index contributed by atoms with van der Waals surface area (Å²) in [5, 5.41) is 8.75. The summed E-state index contributed by atoms with van der Waals surface area (Å²) in [5.74, 6) is 1.16. The number of phenols is 1. The van der Waals surface area contributed by atoms with E-state index in [2.05, 4.69) is 49.9 Å². The summed E-state index contributed by atoms with van der Waals surface area (Å²) < 4.78 is 16.6. The van der Waals surface area contributed by atoms with Crippen LogP contribution < -0.4 is 4.74 Å². The van der Waals surface area contributed by atoms with E-state index in [1.165, 1.54) is 3.57 Å². The van der Waals surface area contributed by atoms with E-state index >= 15 is 0 Å². The van der Waals surface area contributed by atoms with Gasteiger partial charge in [0, 0.05) is 21.4 Å². The monoisotopic (exact) mass is 564 g/mol. The highest BCUT2D eigenvalue weighted by atomic mass is 127. The molecule has 0 fully saturated rings. The molecule has 0 radical (unpaired) electrons. The zero-order valence-corrected chi connectivity index (χ0v) is 17.9. The predicted molar refractivity (Wildman–Crippen MR) is 110 cm³/mol. The molecule has 0 unspecified atom stereocenters. The molecule has 0 saturated heterocycles. The zero-order valence-electron chi connectivity index (χ0n) is 12.8. The van der Waals surface area contributed by atoms with Gasteiger partial charge in [-0.3, -0.25) is 0 Å². The lowest BCUT2D eigenvalue weighted by molar-refractivity contribution is 0.0511. The van der Waals surface area contributed by atoms with Crippen molar-refractivity contribution in [2.75, 3.05) is 27.1 Å². The second kappa shape index (κ2) is 15.3. The van der Waals surface area contributed by atoms with Gasteiger partial charge in [-0.25, -0.2) is 0 Å². The van der Waals surface area contributed by atoms with Gasteiger partial charge >= 0.3 is 0 Å². The van der Waals surface area contributed by atoms with E-state index in [4.69, 9.17) is 26.2 Å². The van der Waals surface area contributed by atoms with Crippen LogP contribution in [0.2, 0.25) is 0 Å². The first-order valence-electron chi connectivity index (χ1n) is 6.40. The maximum absolute atomic E-state index is 8.75. The minimum atomic E-state index is 0.292. The number of methoxy groups -OCH3 is 2. The Balaban J connectivity index is 0.000000354. The number of halogens is 3. The Morgan fingerprint density at radius 3 is 1.65 bits per heavy atom. The van der Waals surface area contributed by atoms with Gasteiger partial charge in [0.15, 0.2) is 6.79 Å². The molecule has 0 aromatic heterocycles. The van der Waals surface area contributed by atoms with Crippen molar-refractivity contribution < 1.29 is 19.3 Å². The molecule has 2 aromatic carbocycles. The molecule has 0 aliphatic carbocycles. The molecule has 2 aromatic rings. The zero-order chi connectivity index (χ0) is 17.5. The van der Waals surface area contributed by atoms with E-state index in [9.17, 15) is 0 Å². The number of phenolic OH excluding ortho intramolecular Hbond substituents is 1. The molecule has 23 heavy (non-hydrogen) atoms. The first-order valence-corrected chi connectivity index (χ1v) is 9.09. The number of hydrogen-bond acceptors (Lipinski definition) is 4. The molecule has 0 amide bonds. The second-order valence-electron chi connectivity index (χ2n) is 3.88. The van der Waals surface area contributed by atoms with Gasteiger partial charge in [-0.15, -0.1) is 0 Å². The maximum atomic E-state index is 8.75. The number of aromatic hydroxyl groups is 1. The molecule has 7 heteroatoms. The summed E-state index contributed by atoms with van der Waals surface area (Å²) in [7, 11) is 3.15. The summed E-state index contributed by atoms with van der Waals surface area (Å²) in [6.07, 6.45) is 0. The summed E-state index contributed by atoms with van der Waals surface area (Å²) in [5.41, 5.74) is 0. The Morgan fingerprint density at radius 1 is 0.870 bits per heavy atom. The summed E-state index contributed by atoms with van der Waals surface area (Å²) in [6.45, 7) is 0.306. The third-order valence-electron chi connectivity index (χ3n) is 2.09. The minimum absolute atomic E-state index is 0.292. The van der Waals surface area contributed by atoms with Crippen molar-refractivity contribution in [3.05, 3.63) is 55.7 Å². The smallest absolute Gasteiger partial charge is 0.188 e. The van der Waals surface area contributed by atoms with E-state index in [0.717, 1.165) is 9.32 Å². The lowest BCUT2D eigenvalue weighted by atomic mass is 10.3. The molecule has 0 saturated carbocycles. The molecule has 4 nitrogen and oxygen atoms in total. The van der Waals surface area contributed by atoms with Crippen LogP contribution in [0.1, 0.15) is 0 Å². The van der Waals surface area contributed by atoms with E-state index in [-0.39, 0.29) is 0 Å². The lowest BCUT2D eigenvalue weighted by Crippen LogP contribution is -1.98. The molecule has 0 heterocycles. The van der Waals surface area contributed by atoms with E-state index in [1.54, 1.807) is 26.4 Å². The summed E-state index contributed by atoms with van der Waals surface area (Å²) in [4.78, 5) is 0. The number of ether oxygens (including phenoxy) is 3. The normalized spacial score (nSPS) is 9.09. The third-order valence-corrected chi connectivity index (χ3v) is 3.75. The van der Waals surface area contributed by atoms with Crippen LogP contribution in [-0.4, -0.2) is 32.2 Å². The fourth-order valence-corrected chi connectivity index (χ4v) is 1.82. The molecule has 0 spiro atoms. The van der Waals surface area contributed by atoms with Gasteiger partial charge in [0.25, 0.3) is 0 Å². The van der Waals surface area contributed by atoms with Crippen molar-refractivity contribution in [1.82, 2.24) is 0 Å². The maximum Gasteiger partial charge on any atom is 0.188 e. The van der Waals surface area contributed by atoms with Crippen LogP contribution in [0.3, 0.4) is 0 Å². The molecule has 0 aliphatic heterocycles. The van der Waals surface area contributed by atoms with Crippen molar-refractivity contribution in [2.45, 2.75) is 0 Å². The van der Waals surface area contributed by atoms with Crippen LogP contribution in [0.25, 0.3) is 0 Å². The van der Waals surface area contributed by atoms with Gasteiger partial charge in [0.2, 0.25) is 0 Å². The van der Waals surface area contributed by atoms with Crippen molar-refractivity contribution in [3.8, 4) is 11.5 Å². The largest absolute Gasteiger partial charge is 0.508 e. The average Bonchev–Trinajstić information content (AvgIpc) is 2.58. The SMILES string of the molecule is COCCl.COCOc1ccc(I)cc1.Oc1ccc(I)cc1. The predicted octanol–water partition coefficient (Wildman–Crippen LogP) is 5.10. The second-order valence-corrected chi connectivity index (χ2v) is 6.59. The average molecular weight is 565 g/mol. The molecule has 2 rings (SSSR count). The van der Waals surface area contributed by atoms with E-state index < -0.39 is 0 Å². The van der Waals surface area contributed by atoms with Crippen molar-refractivity contribution >= 4 is 56.8 Å². The number of benzene rings is 2. The van der Waals surface area contributed by atoms with Gasteiger partial charge in [-0.2, -0.15) is 0 Å². The number of rotatable bonds is 4. The Bertz CT molecular complexity index is 483. The van der Waals surface area contributed by atoms with E-state index in [1.807, 2.05) is 36.4 Å². The van der Waals surface area contributed by atoms with Crippen LogP contribution in [-0.2, 0) is 9.47 Å². The summed E-state index contributed by atoms with van der Waals surface area (Å²) in [6, 6.07) is 15.2. The van der Waals surface area contributed by atoms with Crippen LogP contribution in [0.15, 0.2) is 48.5 Å². The lowest BCUT2D eigenvalue weighted by Gasteiger charge is -2.03. The van der Waals surface area contributed by atoms with Crippen molar-refractivity contribution in [2.24, 2.45) is 0 Å². The molecule has 128 valence electrons. The molecule has 0 bridgehead atoms.